The molecule has 9 heteroatoms. The molecule has 0 aliphatic rings. The first-order valence-electron chi connectivity index (χ1n) is 5.81. The van der Waals surface area contributed by atoms with Crippen molar-refractivity contribution in [3.8, 4) is 0 Å². The predicted octanol–water partition coefficient (Wildman–Crippen LogP) is 2.44. The molecule has 6 nitrogen and oxygen atoms in total. The van der Waals surface area contributed by atoms with Gasteiger partial charge in [-0.1, -0.05) is 5.16 Å². The number of carboxylic acid groups (broad SMARTS) is 1. The number of nitrogens with zero attached hydrogens (tertiary/aromatic N) is 2. The van der Waals surface area contributed by atoms with Crippen LogP contribution in [0.15, 0.2) is 29.1 Å². The number of nitrogens with one attached hydrogen (secondary N) is 1. The minimum absolute atomic E-state index is 0.0963. The number of alkyl halides is 3. The predicted molar refractivity (Wildman–Crippen MR) is 64.9 cm³/mol. The van der Waals surface area contributed by atoms with E-state index in [1.165, 1.54) is 0 Å². The summed E-state index contributed by atoms with van der Waals surface area (Å²) in [4.78, 5) is 14.8. The summed E-state index contributed by atoms with van der Waals surface area (Å²) in [6.07, 6.45) is -3.10. The molecule has 0 saturated heterocycles. The van der Waals surface area contributed by atoms with Gasteiger partial charge in [0.25, 0.3) is 0 Å². The van der Waals surface area contributed by atoms with Gasteiger partial charge in [-0.05, 0) is 18.2 Å². The van der Waals surface area contributed by atoms with E-state index in [-0.39, 0.29) is 12.2 Å². The molecule has 112 valence electrons. The summed E-state index contributed by atoms with van der Waals surface area (Å²) in [5.74, 6) is -1.03. The minimum atomic E-state index is -4.59. The largest absolute Gasteiger partial charge is 0.478 e. The molecule has 1 aromatic heterocycles. The van der Waals surface area contributed by atoms with E-state index in [1.54, 1.807) is 0 Å². The van der Waals surface area contributed by atoms with Crippen LogP contribution in [0.1, 0.15) is 21.7 Å². The summed E-state index contributed by atoms with van der Waals surface area (Å²) >= 11 is 0. The van der Waals surface area contributed by atoms with E-state index in [4.69, 9.17) is 5.11 Å². The molecule has 0 saturated carbocycles. The Morgan fingerprint density at radius 2 is 2.14 bits per heavy atom. The van der Waals surface area contributed by atoms with Crippen LogP contribution in [0.5, 0.6) is 0 Å². The highest BCUT2D eigenvalue weighted by atomic mass is 19.4. The topological polar surface area (TPSA) is 88.2 Å². The molecule has 1 aromatic carbocycles. The van der Waals surface area contributed by atoms with E-state index in [0.717, 1.165) is 18.5 Å². The number of anilines is 1. The Morgan fingerprint density at radius 3 is 2.71 bits per heavy atom. The number of hydrogen-bond acceptors (Lipinski definition) is 5. The quantitative estimate of drug-likeness (QED) is 0.882. The Kier molecular flexibility index (Phi) is 4.10. The fourth-order valence-corrected chi connectivity index (χ4v) is 1.66. The third kappa shape index (κ3) is 3.71. The smallest absolute Gasteiger partial charge is 0.416 e. The molecule has 2 aromatic rings. The molecule has 2 rings (SSSR count). The van der Waals surface area contributed by atoms with Crippen molar-refractivity contribution in [2.75, 3.05) is 11.9 Å². The molecule has 0 atom stereocenters. The zero-order valence-corrected chi connectivity index (χ0v) is 10.5. The second kappa shape index (κ2) is 5.81. The molecular formula is C12H10F3N3O3. The number of hydrogen-bond donors (Lipinski definition) is 2. The van der Waals surface area contributed by atoms with Crippen LogP contribution in [0.2, 0.25) is 0 Å². The second-order valence-corrected chi connectivity index (χ2v) is 4.09. The lowest BCUT2D eigenvalue weighted by atomic mass is 10.1. The zero-order chi connectivity index (χ0) is 15.5. The molecule has 0 fully saturated rings. The normalized spacial score (nSPS) is 11.4. The van der Waals surface area contributed by atoms with Crippen LogP contribution in [0.25, 0.3) is 0 Å². The highest BCUT2D eigenvalue weighted by Gasteiger charge is 2.31. The van der Waals surface area contributed by atoms with Crippen molar-refractivity contribution in [1.29, 1.82) is 0 Å². The van der Waals surface area contributed by atoms with Gasteiger partial charge in [0.15, 0.2) is 5.82 Å². The van der Waals surface area contributed by atoms with Crippen molar-refractivity contribution >= 4 is 11.7 Å². The Balaban J connectivity index is 2.13. The van der Waals surface area contributed by atoms with Gasteiger partial charge in [0.1, 0.15) is 0 Å². The lowest BCUT2D eigenvalue weighted by Gasteiger charge is -2.12. The van der Waals surface area contributed by atoms with Crippen molar-refractivity contribution in [2.24, 2.45) is 0 Å². The standard InChI is InChI=1S/C12H10F3N3O3/c13-12(14,15)7-1-2-9(8(5-7)11(19)20)16-4-3-10-17-6-21-18-10/h1-2,5-6,16H,3-4H2,(H,19,20). The number of aromatic nitrogens is 2. The maximum absolute atomic E-state index is 12.6. The van der Waals surface area contributed by atoms with Gasteiger partial charge in [-0.15, -0.1) is 0 Å². The SMILES string of the molecule is O=C(O)c1cc(C(F)(F)F)ccc1NCCc1ncon1. The van der Waals surface area contributed by atoms with Gasteiger partial charge in [0.05, 0.1) is 11.1 Å². The Labute approximate surface area is 116 Å². The Morgan fingerprint density at radius 1 is 1.38 bits per heavy atom. The van der Waals surface area contributed by atoms with E-state index in [1.807, 2.05) is 0 Å². The van der Waals surface area contributed by atoms with E-state index in [2.05, 4.69) is 20.0 Å². The molecule has 0 unspecified atom stereocenters. The first-order chi connectivity index (χ1) is 9.88. The first kappa shape index (κ1) is 14.8. The Bertz CT molecular complexity index is 626. The van der Waals surface area contributed by atoms with Crippen molar-refractivity contribution in [3.63, 3.8) is 0 Å². The van der Waals surface area contributed by atoms with Gasteiger partial charge in [-0.2, -0.15) is 18.2 Å². The zero-order valence-electron chi connectivity index (χ0n) is 10.5. The summed E-state index contributed by atoms with van der Waals surface area (Å²) in [5, 5.41) is 15.3. The van der Waals surface area contributed by atoms with Crippen LogP contribution in [0, 0.1) is 0 Å². The van der Waals surface area contributed by atoms with Crippen LogP contribution in [-0.4, -0.2) is 27.8 Å². The van der Waals surface area contributed by atoms with Crippen molar-refractivity contribution in [3.05, 3.63) is 41.5 Å². The van der Waals surface area contributed by atoms with Crippen molar-refractivity contribution in [2.45, 2.75) is 12.6 Å². The number of aromatic carboxylic acids is 1. The molecule has 1 heterocycles. The molecule has 0 radical (unpaired) electrons. The van der Waals surface area contributed by atoms with Crippen molar-refractivity contribution in [1.82, 2.24) is 10.1 Å². The molecular weight excluding hydrogens is 291 g/mol. The molecule has 0 bridgehead atoms. The van der Waals surface area contributed by atoms with E-state index >= 15 is 0 Å². The fraction of sp³-hybridized carbons (Fsp3) is 0.250. The van der Waals surface area contributed by atoms with E-state index in [0.29, 0.717) is 18.3 Å². The third-order valence-electron chi connectivity index (χ3n) is 2.65. The van der Waals surface area contributed by atoms with Crippen molar-refractivity contribution < 1.29 is 27.6 Å². The third-order valence-corrected chi connectivity index (χ3v) is 2.65. The molecule has 0 aliphatic carbocycles. The van der Waals surface area contributed by atoms with E-state index < -0.39 is 23.3 Å². The number of rotatable bonds is 5. The van der Waals surface area contributed by atoms with E-state index in [9.17, 15) is 18.0 Å². The Hall–Kier alpha value is -2.58. The minimum Gasteiger partial charge on any atom is -0.478 e. The van der Waals surface area contributed by atoms with Gasteiger partial charge >= 0.3 is 12.1 Å². The summed E-state index contributed by atoms with van der Waals surface area (Å²) in [5.41, 5.74) is -1.36. The van der Waals surface area contributed by atoms with Crippen LogP contribution < -0.4 is 5.32 Å². The van der Waals surface area contributed by atoms with Crippen LogP contribution in [0.3, 0.4) is 0 Å². The van der Waals surface area contributed by atoms with Gasteiger partial charge in [0, 0.05) is 18.7 Å². The van der Waals surface area contributed by atoms with Gasteiger partial charge < -0.3 is 14.9 Å². The molecule has 2 N–H and O–H groups in total. The summed E-state index contributed by atoms with van der Waals surface area (Å²) in [6.45, 7) is 0.255. The maximum atomic E-state index is 12.6. The lowest BCUT2D eigenvalue weighted by molar-refractivity contribution is -0.137. The molecule has 0 amide bonds. The van der Waals surface area contributed by atoms with Gasteiger partial charge in [0.2, 0.25) is 6.39 Å². The summed E-state index contributed by atoms with van der Waals surface area (Å²) in [6, 6.07) is 2.50. The highest BCUT2D eigenvalue weighted by molar-refractivity contribution is 5.94. The first-order valence-corrected chi connectivity index (χ1v) is 5.81. The van der Waals surface area contributed by atoms with Gasteiger partial charge in [-0.25, -0.2) is 4.79 Å². The monoisotopic (exact) mass is 301 g/mol. The number of carboxylic acids is 1. The van der Waals surface area contributed by atoms with Crippen LogP contribution in [0.4, 0.5) is 18.9 Å². The number of carbonyl (C=O) groups is 1. The summed E-state index contributed by atoms with van der Waals surface area (Å²) < 4.78 is 42.2. The molecule has 0 aliphatic heterocycles. The molecule has 0 spiro atoms. The summed E-state index contributed by atoms with van der Waals surface area (Å²) in [7, 11) is 0. The van der Waals surface area contributed by atoms with Crippen LogP contribution in [-0.2, 0) is 12.6 Å². The maximum Gasteiger partial charge on any atom is 0.416 e. The van der Waals surface area contributed by atoms with Gasteiger partial charge in [-0.3, -0.25) is 0 Å². The lowest BCUT2D eigenvalue weighted by Crippen LogP contribution is -2.13. The average molecular weight is 301 g/mol. The number of halogens is 3. The second-order valence-electron chi connectivity index (χ2n) is 4.09. The number of benzene rings is 1. The average Bonchev–Trinajstić information content (AvgIpc) is 2.90. The van der Waals surface area contributed by atoms with Crippen LogP contribution >= 0.6 is 0 Å². The molecule has 21 heavy (non-hydrogen) atoms. The highest BCUT2D eigenvalue weighted by Crippen LogP contribution is 2.31. The fourth-order valence-electron chi connectivity index (χ4n) is 1.66.